The number of hydrogen-bond acceptors (Lipinski definition) is 3. The molecule has 0 fully saturated rings. The van der Waals surface area contributed by atoms with Crippen LogP contribution in [0.4, 0.5) is 0 Å². The molecule has 2 aliphatic rings. The van der Waals surface area contributed by atoms with E-state index in [0.717, 1.165) is 12.1 Å². The van der Waals surface area contributed by atoms with Gasteiger partial charge in [-0.05, 0) is 18.6 Å². The predicted octanol–water partition coefficient (Wildman–Crippen LogP) is 0.906. The summed E-state index contributed by atoms with van der Waals surface area (Å²) in [5, 5.41) is 3.83. The first-order valence-corrected chi connectivity index (χ1v) is 3.77. The largest absolute Gasteiger partial charge is 0.387 e. The van der Waals surface area contributed by atoms with Crippen LogP contribution in [0.1, 0.15) is 13.3 Å². The van der Waals surface area contributed by atoms with Crippen molar-refractivity contribution in [2.24, 2.45) is 11.1 Å². The maximum atomic E-state index is 11.2. The molecule has 0 N–H and O–H groups in total. The summed E-state index contributed by atoms with van der Waals surface area (Å²) >= 11 is 0. The number of nitrogens with zero attached hydrogens (tertiary/aromatic N) is 1. The van der Waals surface area contributed by atoms with Crippen LogP contribution >= 0.6 is 0 Å². The van der Waals surface area contributed by atoms with Crippen LogP contribution in [0.5, 0.6) is 0 Å². The fraction of sp³-hybridized carbons (Fsp3) is 0.500. The highest BCUT2D eigenvalue weighted by molar-refractivity contribution is 6.12. The standard InChI is InChI=1S/C8H9NO2/c1-2-5-8-6(10)3-4-7(8)11-9-5/h3-4,7-8H,2H2,1H3/t7-,8+/m1/s1. The summed E-state index contributed by atoms with van der Waals surface area (Å²) in [4.78, 5) is 16.2. The van der Waals surface area contributed by atoms with Gasteiger partial charge in [0.05, 0.1) is 5.71 Å². The lowest BCUT2D eigenvalue weighted by molar-refractivity contribution is -0.117. The number of oxime groups is 1. The van der Waals surface area contributed by atoms with E-state index in [2.05, 4.69) is 5.16 Å². The minimum absolute atomic E-state index is 0.0972. The van der Waals surface area contributed by atoms with Crippen LogP contribution in [0.15, 0.2) is 17.3 Å². The normalized spacial score (nSPS) is 33.5. The van der Waals surface area contributed by atoms with E-state index in [4.69, 9.17) is 4.84 Å². The number of carbonyl (C=O) groups is 1. The number of fused-ring (bicyclic) bond motifs is 1. The first kappa shape index (κ1) is 6.58. The molecule has 0 spiro atoms. The van der Waals surface area contributed by atoms with E-state index >= 15 is 0 Å². The third-order valence-corrected chi connectivity index (χ3v) is 2.10. The summed E-state index contributed by atoms with van der Waals surface area (Å²) in [6.07, 6.45) is 4.06. The summed E-state index contributed by atoms with van der Waals surface area (Å²) in [5.41, 5.74) is 0.880. The smallest absolute Gasteiger partial charge is 0.168 e. The minimum atomic E-state index is -0.0996. The lowest BCUT2D eigenvalue weighted by Crippen LogP contribution is -2.23. The predicted molar refractivity (Wildman–Crippen MR) is 40.2 cm³/mol. The number of ketones is 1. The second-order valence-electron chi connectivity index (χ2n) is 2.75. The molecule has 0 saturated heterocycles. The van der Waals surface area contributed by atoms with Crippen LogP contribution in [-0.2, 0) is 9.63 Å². The van der Waals surface area contributed by atoms with Crippen molar-refractivity contribution in [3.63, 3.8) is 0 Å². The average Bonchev–Trinajstić information content (AvgIpc) is 2.54. The van der Waals surface area contributed by atoms with Crippen molar-refractivity contribution in [2.45, 2.75) is 19.4 Å². The fourth-order valence-electron chi connectivity index (χ4n) is 1.49. The highest BCUT2D eigenvalue weighted by Crippen LogP contribution is 2.27. The Balaban J connectivity index is 2.25. The average molecular weight is 151 g/mol. The molecule has 1 aliphatic carbocycles. The molecule has 2 rings (SSSR count). The molecule has 0 aromatic heterocycles. The van der Waals surface area contributed by atoms with Crippen molar-refractivity contribution in [3.05, 3.63) is 12.2 Å². The molecule has 1 aliphatic heterocycles. The molecule has 0 aromatic rings. The van der Waals surface area contributed by atoms with Crippen LogP contribution in [-0.4, -0.2) is 17.6 Å². The van der Waals surface area contributed by atoms with Crippen LogP contribution in [0.3, 0.4) is 0 Å². The molecule has 3 heteroatoms. The van der Waals surface area contributed by atoms with Crippen molar-refractivity contribution >= 4 is 11.5 Å². The second kappa shape index (κ2) is 2.19. The molecule has 1 heterocycles. The van der Waals surface area contributed by atoms with E-state index in [-0.39, 0.29) is 17.8 Å². The van der Waals surface area contributed by atoms with Crippen LogP contribution in [0.25, 0.3) is 0 Å². The summed E-state index contributed by atoms with van der Waals surface area (Å²) in [6.45, 7) is 1.98. The lowest BCUT2D eigenvalue weighted by atomic mass is 9.97. The number of carbonyl (C=O) groups excluding carboxylic acids is 1. The molecular weight excluding hydrogens is 142 g/mol. The number of hydrogen-bond donors (Lipinski definition) is 0. The van der Waals surface area contributed by atoms with Crippen LogP contribution in [0.2, 0.25) is 0 Å². The Labute approximate surface area is 64.7 Å². The summed E-state index contributed by atoms with van der Waals surface area (Å²) in [7, 11) is 0. The summed E-state index contributed by atoms with van der Waals surface area (Å²) in [6, 6.07) is 0. The van der Waals surface area contributed by atoms with Gasteiger partial charge in [-0.2, -0.15) is 0 Å². The zero-order chi connectivity index (χ0) is 7.84. The molecule has 11 heavy (non-hydrogen) atoms. The molecule has 58 valence electrons. The van der Waals surface area contributed by atoms with E-state index in [0.29, 0.717) is 0 Å². The molecule has 0 unspecified atom stereocenters. The Bertz CT molecular complexity index is 255. The van der Waals surface area contributed by atoms with Crippen molar-refractivity contribution in [3.8, 4) is 0 Å². The maximum absolute atomic E-state index is 11.2. The zero-order valence-corrected chi connectivity index (χ0v) is 6.28. The molecule has 3 nitrogen and oxygen atoms in total. The molecule has 2 atom stereocenters. The highest BCUT2D eigenvalue weighted by atomic mass is 16.6. The third kappa shape index (κ3) is 0.803. The van der Waals surface area contributed by atoms with Gasteiger partial charge in [-0.1, -0.05) is 12.1 Å². The SMILES string of the molecule is CCC1=NO[C@@H]2C=CC(=O)[C@H]12. The Morgan fingerprint density at radius 1 is 1.73 bits per heavy atom. The number of rotatable bonds is 1. The van der Waals surface area contributed by atoms with E-state index in [1.165, 1.54) is 0 Å². The molecule has 0 saturated carbocycles. The van der Waals surface area contributed by atoms with Gasteiger partial charge >= 0.3 is 0 Å². The molecule has 0 aromatic carbocycles. The number of allylic oxidation sites excluding steroid dienone is 1. The van der Waals surface area contributed by atoms with Crippen LogP contribution in [0, 0.1) is 5.92 Å². The van der Waals surface area contributed by atoms with Crippen LogP contribution < -0.4 is 0 Å². The Hall–Kier alpha value is -1.12. The zero-order valence-electron chi connectivity index (χ0n) is 6.28. The van der Waals surface area contributed by atoms with Gasteiger partial charge in [0.25, 0.3) is 0 Å². The van der Waals surface area contributed by atoms with Gasteiger partial charge in [0.1, 0.15) is 5.92 Å². The van der Waals surface area contributed by atoms with Gasteiger partial charge in [-0.25, -0.2) is 0 Å². The van der Waals surface area contributed by atoms with Gasteiger partial charge in [-0.15, -0.1) is 0 Å². The van der Waals surface area contributed by atoms with E-state index in [1.54, 1.807) is 12.2 Å². The molecule has 0 amide bonds. The summed E-state index contributed by atoms with van der Waals surface area (Å²) < 4.78 is 0. The quantitative estimate of drug-likeness (QED) is 0.558. The first-order chi connectivity index (χ1) is 5.33. The van der Waals surface area contributed by atoms with E-state index in [9.17, 15) is 4.79 Å². The Kier molecular flexibility index (Phi) is 1.31. The topological polar surface area (TPSA) is 38.7 Å². The first-order valence-electron chi connectivity index (χ1n) is 3.77. The van der Waals surface area contributed by atoms with Gasteiger partial charge in [0.2, 0.25) is 0 Å². The monoisotopic (exact) mass is 151 g/mol. The van der Waals surface area contributed by atoms with Gasteiger partial charge in [0.15, 0.2) is 11.9 Å². The highest BCUT2D eigenvalue weighted by Gasteiger charge is 2.39. The third-order valence-electron chi connectivity index (χ3n) is 2.10. The van der Waals surface area contributed by atoms with E-state index in [1.807, 2.05) is 6.92 Å². The Morgan fingerprint density at radius 2 is 2.55 bits per heavy atom. The van der Waals surface area contributed by atoms with E-state index < -0.39 is 0 Å². The molecular formula is C8H9NO2. The van der Waals surface area contributed by atoms with Crippen molar-refractivity contribution < 1.29 is 9.63 Å². The van der Waals surface area contributed by atoms with Crippen molar-refractivity contribution in [2.75, 3.05) is 0 Å². The fourth-order valence-corrected chi connectivity index (χ4v) is 1.49. The molecule has 0 radical (unpaired) electrons. The maximum Gasteiger partial charge on any atom is 0.168 e. The van der Waals surface area contributed by atoms with Gasteiger partial charge in [-0.3, -0.25) is 4.79 Å². The van der Waals surface area contributed by atoms with Crippen molar-refractivity contribution in [1.82, 2.24) is 0 Å². The van der Waals surface area contributed by atoms with Crippen molar-refractivity contribution in [1.29, 1.82) is 0 Å². The Morgan fingerprint density at radius 3 is 3.27 bits per heavy atom. The molecule has 0 bridgehead atoms. The van der Waals surface area contributed by atoms with Gasteiger partial charge in [0, 0.05) is 0 Å². The minimum Gasteiger partial charge on any atom is -0.387 e. The van der Waals surface area contributed by atoms with Gasteiger partial charge < -0.3 is 4.84 Å². The second-order valence-corrected chi connectivity index (χ2v) is 2.75. The lowest BCUT2D eigenvalue weighted by Gasteiger charge is -2.04. The summed E-state index contributed by atoms with van der Waals surface area (Å²) in [5.74, 6) is 0.0353.